The number of thioether (sulfide) groups is 1. The number of aryl methyl sites for hydroxylation is 2. The van der Waals surface area contributed by atoms with Gasteiger partial charge in [0.1, 0.15) is 0 Å². The zero-order valence-electron chi connectivity index (χ0n) is 10.5. The third-order valence-corrected chi connectivity index (χ3v) is 4.56. The summed E-state index contributed by atoms with van der Waals surface area (Å²) < 4.78 is 25.8. The van der Waals surface area contributed by atoms with Crippen LogP contribution in [0.25, 0.3) is 0 Å². The van der Waals surface area contributed by atoms with Crippen molar-refractivity contribution in [3.63, 3.8) is 0 Å². The molecule has 0 saturated carbocycles. The molecule has 1 aromatic heterocycles. The van der Waals surface area contributed by atoms with Crippen LogP contribution < -0.4 is 0 Å². The van der Waals surface area contributed by atoms with Crippen molar-refractivity contribution < 1.29 is 13.6 Å². The summed E-state index contributed by atoms with van der Waals surface area (Å²) >= 11 is 2.80. The summed E-state index contributed by atoms with van der Waals surface area (Å²) in [7, 11) is 0. The second-order valence-corrected chi connectivity index (χ2v) is 6.62. The van der Waals surface area contributed by atoms with Crippen molar-refractivity contribution in [1.29, 1.82) is 0 Å². The molecule has 1 aromatic carbocycles. The first-order chi connectivity index (χ1) is 8.97. The Hall–Kier alpha value is -1.20. The first-order valence-corrected chi connectivity index (χ1v) is 7.45. The monoisotopic (exact) mass is 298 g/mol. The maximum absolute atomic E-state index is 13.0. The fraction of sp³-hybridized carbons (Fsp3) is 0.214. The minimum atomic E-state index is -0.889. The summed E-state index contributed by atoms with van der Waals surface area (Å²) in [6, 6.07) is 5.53. The minimum absolute atomic E-state index is 0.0107. The normalized spacial score (nSPS) is 10.7. The number of halogens is 2. The van der Waals surface area contributed by atoms with E-state index in [-0.39, 0.29) is 11.5 Å². The zero-order chi connectivity index (χ0) is 14.0. The van der Waals surface area contributed by atoms with E-state index in [0.717, 1.165) is 27.5 Å². The molecule has 0 fully saturated rings. The Balaban J connectivity index is 2.04. The van der Waals surface area contributed by atoms with Gasteiger partial charge in [-0.3, -0.25) is 4.79 Å². The molecule has 1 heterocycles. The smallest absolute Gasteiger partial charge is 0.174 e. The average Bonchev–Trinajstić information content (AvgIpc) is 2.70. The van der Waals surface area contributed by atoms with E-state index in [1.54, 1.807) is 11.3 Å². The number of carbonyl (C=O) groups excluding carboxylic acids is 1. The van der Waals surface area contributed by atoms with Crippen molar-refractivity contribution in [2.75, 3.05) is 5.75 Å². The molecule has 0 saturated heterocycles. The van der Waals surface area contributed by atoms with Crippen LogP contribution >= 0.6 is 23.1 Å². The van der Waals surface area contributed by atoms with Gasteiger partial charge in [0.25, 0.3) is 0 Å². The standard InChI is InChI=1S/C14H12F2OS2/c1-8-5-11(9(2)19-8)14(17)7-18-10-3-4-12(15)13(16)6-10/h3-6H,7H2,1-2H3. The van der Waals surface area contributed by atoms with Gasteiger partial charge in [-0.2, -0.15) is 0 Å². The second-order valence-electron chi connectivity index (χ2n) is 4.11. The lowest BCUT2D eigenvalue weighted by atomic mass is 10.2. The molecule has 1 nitrogen and oxygen atoms in total. The molecule has 0 radical (unpaired) electrons. The number of rotatable bonds is 4. The molecule has 0 aliphatic heterocycles. The molecule has 5 heteroatoms. The summed E-state index contributed by atoms with van der Waals surface area (Å²) in [5.41, 5.74) is 0.720. The van der Waals surface area contributed by atoms with E-state index >= 15 is 0 Å². The lowest BCUT2D eigenvalue weighted by Gasteiger charge is -2.02. The lowest BCUT2D eigenvalue weighted by Crippen LogP contribution is -2.02. The molecule has 0 amide bonds. The molecule has 0 aliphatic carbocycles. The molecule has 0 N–H and O–H groups in total. The van der Waals surface area contributed by atoms with Crippen molar-refractivity contribution >= 4 is 28.9 Å². The van der Waals surface area contributed by atoms with Gasteiger partial charge in [-0.1, -0.05) is 0 Å². The molecule has 100 valence electrons. The third kappa shape index (κ3) is 3.42. The number of thiophene rings is 1. The van der Waals surface area contributed by atoms with E-state index in [9.17, 15) is 13.6 Å². The van der Waals surface area contributed by atoms with E-state index in [4.69, 9.17) is 0 Å². The van der Waals surface area contributed by atoms with Crippen LogP contribution in [-0.2, 0) is 0 Å². The molecular formula is C14H12F2OS2. The summed E-state index contributed by atoms with van der Waals surface area (Å²) in [4.78, 5) is 14.7. The van der Waals surface area contributed by atoms with Gasteiger partial charge in [0, 0.05) is 20.2 Å². The van der Waals surface area contributed by atoms with Crippen LogP contribution in [0.4, 0.5) is 8.78 Å². The van der Waals surface area contributed by atoms with Crippen LogP contribution in [0.2, 0.25) is 0 Å². The SMILES string of the molecule is Cc1cc(C(=O)CSc2ccc(F)c(F)c2)c(C)s1. The van der Waals surface area contributed by atoms with Gasteiger partial charge in [0.05, 0.1) is 5.75 Å². The Kier molecular flexibility index (Phi) is 4.37. The van der Waals surface area contributed by atoms with Crippen LogP contribution in [0.1, 0.15) is 20.1 Å². The maximum atomic E-state index is 13.0. The summed E-state index contributed by atoms with van der Waals surface area (Å²) in [6.07, 6.45) is 0. The van der Waals surface area contributed by atoms with Gasteiger partial charge in [-0.15, -0.1) is 23.1 Å². The van der Waals surface area contributed by atoms with Crippen LogP contribution in [0.5, 0.6) is 0 Å². The average molecular weight is 298 g/mol. The number of ketones is 1. The van der Waals surface area contributed by atoms with Crippen molar-refractivity contribution in [2.24, 2.45) is 0 Å². The molecule has 19 heavy (non-hydrogen) atoms. The molecule has 0 aliphatic rings. The topological polar surface area (TPSA) is 17.1 Å². The van der Waals surface area contributed by atoms with Crippen LogP contribution in [0.3, 0.4) is 0 Å². The van der Waals surface area contributed by atoms with Crippen LogP contribution in [0.15, 0.2) is 29.2 Å². The molecule has 0 unspecified atom stereocenters. The van der Waals surface area contributed by atoms with E-state index in [0.29, 0.717) is 4.90 Å². The molecule has 0 atom stereocenters. The van der Waals surface area contributed by atoms with Crippen molar-refractivity contribution in [1.82, 2.24) is 0 Å². The Morgan fingerprint density at radius 3 is 2.53 bits per heavy atom. The molecule has 2 rings (SSSR count). The Morgan fingerprint density at radius 2 is 1.95 bits per heavy atom. The summed E-state index contributed by atoms with van der Waals surface area (Å²) in [5.74, 6) is -1.53. The summed E-state index contributed by atoms with van der Waals surface area (Å²) in [5, 5.41) is 0. The van der Waals surface area contributed by atoms with Crippen molar-refractivity contribution in [3.8, 4) is 0 Å². The second kappa shape index (κ2) is 5.84. The predicted molar refractivity (Wildman–Crippen MR) is 75.2 cm³/mol. The molecular weight excluding hydrogens is 286 g/mol. The van der Waals surface area contributed by atoms with Gasteiger partial charge < -0.3 is 0 Å². The van der Waals surface area contributed by atoms with Gasteiger partial charge in [-0.05, 0) is 38.1 Å². The Morgan fingerprint density at radius 1 is 1.21 bits per heavy atom. The lowest BCUT2D eigenvalue weighted by molar-refractivity contribution is 0.102. The van der Waals surface area contributed by atoms with E-state index < -0.39 is 11.6 Å². The van der Waals surface area contributed by atoms with Crippen molar-refractivity contribution in [3.05, 3.63) is 51.2 Å². The fourth-order valence-corrected chi connectivity index (χ4v) is 3.45. The van der Waals surface area contributed by atoms with Gasteiger partial charge in [0.2, 0.25) is 0 Å². The fourth-order valence-electron chi connectivity index (χ4n) is 1.70. The highest BCUT2D eigenvalue weighted by Gasteiger charge is 2.13. The van der Waals surface area contributed by atoms with E-state index in [1.165, 1.54) is 17.8 Å². The predicted octanol–water partition coefficient (Wildman–Crippen LogP) is 4.62. The molecule has 2 aromatic rings. The molecule has 0 spiro atoms. The highest BCUT2D eigenvalue weighted by atomic mass is 32.2. The minimum Gasteiger partial charge on any atom is -0.293 e. The Labute approximate surface area is 118 Å². The zero-order valence-corrected chi connectivity index (χ0v) is 12.1. The quantitative estimate of drug-likeness (QED) is 0.605. The third-order valence-electron chi connectivity index (χ3n) is 2.60. The number of benzene rings is 1. The van der Waals surface area contributed by atoms with Crippen molar-refractivity contribution in [2.45, 2.75) is 18.7 Å². The number of Topliss-reactive ketones (excluding diaryl/α,β-unsaturated/α-hetero) is 1. The highest BCUT2D eigenvalue weighted by Crippen LogP contribution is 2.25. The highest BCUT2D eigenvalue weighted by molar-refractivity contribution is 8.00. The maximum Gasteiger partial charge on any atom is 0.174 e. The number of hydrogen-bond acceptors (Lipinski definition) is 3. The van der Waals surface area contributed by atoms with E-state index in [2.05, 4.69) is 0 Å². The van der Waals surface area contributed by atoms with Gasteiger partial charge in [0.15, 0.2) is 17.4 Å². The van der Waals surface area contributed by atoms with Gasteiger partial charge >= 0.3 is 0 Å². The first kappa shape index (κ1) is 14.2. The first-order valence-electron chi connectivity index (χ1n) is 5.65. The summed E-state index contributed by atoms with van der Waals surface area (Å²) in [6.45, 7) is 3.87. The largest absolute Gasteiger partial charge is 0.293 e. The number of hydrogen-bond donors (Lipinski definition) is 0. The molecule has 0 bridgehead atoms. The van der Waals surface area contributed by atoms with Crippen LogP contribution in [0, 0.1) is 25.5 Å². The van der Waals surface area contributed by atoms with E-state index in [1.807, 2.05) is 19.9 Å². The van der Waals surface area contributed by atoms with Crippen LogP contribution in [-0.4, -0.2) is 11.5 Å². The van der Waals surface area contributed by atoms with Gasteiger partial charge in [-0.25, -0.2) is 8.78 Å². The number of carbonyl (C=O) groups is 1. The Bertz CT molecular complexity index is 620.